The van der Waals surface area contributed by atoms with Crippen LogP contribution in [0.3, 0.4) is 0 Å². The van der Waals surface area contributed by atoms with Gasteiger partial charge in [-0.2, -0.15) is 0 Å². The number of ether oxygens (including phenoxy) is 3. The molecule has 1 aliphatic rings. The van der Waals surface area contributed by atoms with Crippen molar-refractivity contribution in [2.24, 2.45) is 4.99 Å². The molecule has 2 aromatic rings. The lowest BCUT2D eigenvalue weighted by Crippen LogP contribution is -2.40. The molecule has 2 N–H and O–H groups in total. The summed E-state index contributed by atoms with van der Waals surface area (Å²) in [4.78, 5) is 8.57. The molecule has 1 unspecified atom stereocenters. The summed E-state index contributed by atoms with van der Waals surface area (Å²) in [5.74, 6) is 2.18. The molecule has 1 aromatic heterocycles. The minimum atomic E-state index is 0.280. The molecule has 0 bridgehead atoms. The maximum Gasteiger partial charge on any atom is 0.213 e. The van der Waals surface area contributed by atoms with Crippen LogP contribution in [0.1, 0.15) is 18.4 Å². The quantitative estimate of drug-likeness (QED) is 0.393. The van der Waals surface area contributed by atoms with Crippen molar-refractivity contribution in [2.75, 3.05) is 33.4 Å². The van der Waals surface area contributed by atoms with Crippen LogP contribution in [0.2, 0.25) is 0 Å². The van der Waals surface area contributed by atoms with Crippen LogP contribution >= 0.6 is 0 Å². The number of hydrogen-bond acceptors (Lipinski definition) is 5. The van der Waals surface area contributed by atoms with Gasteiger partial charge in [0, 0.05) is 39.0 Å². The van der Waals surface area contributed by atoms with Crippen molar-refractivity contribution in [2.45, 2.75) is 25.5 Å². The summed E-state index contributed by atoms with van der Waals surface area (Å²) in [6.07, 6.45) is 4.32. The van der Waals surface area contributed by atoms with Gasteiger partial charge in [-0.05, 0) is 30.5 Å². The van der Waals surface area contributed by atoms with Crippen LogP contribution in [0.15, 0.2) is 53.7 Å². The molecule has 28 heavy (non-hydrogen) atoms. The zero-order chi connectivity index (χ0) is 19.4. The Morgan fingerprint density at radius 3 is 2.71 bits per heavy atom. The number of guanidine groups is 1. The molecule has 0 spiro atoms. The van der Waals surface area contributed by atoms with E-state index in [1.165, 1.54) is 0 Å². The zero-order valence-electron chi connectivity index (χ0n) is 16.3. The van der Waals surface area contributed by atoms with E-state index in [0.29, 0.717) is 25.6 Å². The summed E-state index contributed by atoms with van der Waals surface area (Å²) in [6.45, 7) is 3.18. The highest BCUT2D eigenvalue weighted by Gasteiger charge is 2.15. The van der Waals surface area contributed by atoms with Gasteiger partial charge in [0.15, 0.2) is 5.96 Å². The topological polar surface area (TPSA) is 77.0 Å². The van der Waals surface area contributed by atoms with Gasteiger partial charge in [-0.1, -0.05) is 24.3 Å². The fraction of sp³-hybridized carbons (Fsp3) is 0.429. The van der Waals surface area contributed by atoms with E-state index in [0.717, 1.165) is 43.3 Å². The van der Waals surface area contributed by atoms with Gasteiger partial charge in [-0.3, -0.25) is 4.99 Å². The van der Waals surface area contributed by atoms with Gasteiger partial charge in [0.2, 0.25) is 5.88 Å². The summed E-state index contributed by atoms with van der Waals surface area (Å²) in [7, 11) is 1.76. The lowest BCUT2D eigenvalue weighted by molar-refractivity contribution is 0.114. The van der Waals surface area contributed by atoms with Gasteiger partial charge in [0.1, 0.15) is 19.0 Å². The first-order valence-corrected chi connectivity index (χ1v) is 9.65. The monoisotopic (exact) mass is 384 g/mol. The Morgan fingerprint density at radius 1 is 1.14 bits per heavy atom. The summed E-state index contributed by atoms with van der Waals surface area (Å²) >= 11 is 0. The highest BCUT2D eigenvalue weighted by molar-refractivity contribution is 5.79. The molecular formula is C21H28N4O3. The highest BCUT2D eigenvalue weighted by atomic mass is 16.5. The van der Waals surface area contributed by atoms with Crippen LogP contribution in [-0.4, -0.2) is 50.5 Å². The maximum atomic E-state index is 5.62. The van der Waals surface area contributed by atoms with Crippen LogP contribution < -0.4 is 20.1 Å². The van der Waals surface area contributed by atoms with Crippen molar-refractivity contribution in [3.05, 3.63) is 54.2 Å². The molecular weight excluding hydrogens is 356 g/mol. The van der Waals surface area contributed by atoms with Crippen molar-refractivity contribution in [3.63, 3.8) is 0 Å². The van der Waals surface area contributed by atoms with Crippen molar-refractivity contribution in [1.29, 1.82) is 0 Å². The molecule has 7 nitrogen and oxygen atoms in total. The maximum absolute atomic E-state index is 5.62. The number of aromatic nitrogens is 1. The number of nitrogens with one attached hydrogen (secondary N) is 2. The molecule has 1 aromatic carbocycles. The van der Waals surface area contributed by atoms with Gasteiger partial charge in [-0.25, -0.2) is 4.98 Å². The van der Waals surface area contributed by atoms with Crippen LogP contribution in [0.5, 0.6) is 11.6 Å². The van der Waals surface area contributed by atoms with E-state index in [1.807, 2.05) is 42.5 Å². The molecule has 2 heterocycles. The lowest BCUT2D eigenvalue weighted by atomic mass is 10.2. The third kappa shape index (κ3) is 6.74. The molecule has 1 atom stereocenters. The molecule has 1 fully saturated rings. The molecule has 3 rings (SSSR count). The molecule has 0 aliphatic carbocycles. The number of hydrogen-bond donors (Lipinski definition) is 2. The van der Waals surface area contributed by atoms with E-state index in [-0.39, 0.29) is 6.10 Å². The molecule has 7 heteroatoms. The van der Waals surface area contributed by atoms with Crippen LogP contribution in [0, 0.1) is 0 Å². The number of nitrogens with zero attached hydrogens (tertiary/aromatic N) is 2. The number of aliphatic imine (C=N–C) groups is 1. The first kappa shape index (κ1) is 19.9. The number of benzene rings is 1. The largest absolute Gasteiger partial charge is 0.490 e. The zero-order valence-corrected chi connectivity index (χ0v) is 16.3. The predicted octanol–water partition coefficient (Wildman–Crippen LogP) is 2.38. The average Bonchev–Trinajstić information content (AvgIpc) is 3.27. The average molecular weight is 384 g/mol. The van der Waals surface area contributed by atoms with Crippen LogP contribution in [0.25, 0.3) is 0 Å². The molecule has 0 radical (unpaired) electrons. The predicted molar refractivity (Wildman–Crippen MR) is 109 cm³/mol. The second kappa shape index (κ2) is 11.1. The van der Waals surface area contributed by atoms with E-state index in [4.69, 9.17) is 14.2 Å². The van der Waals surface area contributed by atoms with Crippen molar-refractivity contribution >= 4 is 5.96 Å². The minimum Gasteiger partial charge on any atom is -0.490 e. The van der Waals surface area contributed by atoms with Gasteiger partial charge in [0.05, 0.1) is 6.10 Å². The summed E-state index contributed by atoms with van der Waals surface area (Å²) in [5.41, 5.74) is 1.05. The van der Waals surface area contributed by atoms with E-state index in [1.54, 1.807) is 13.2 Å². The van der Waals surface area contributed by atoms with E-state index in [2.05, 4.69) is 20.6 Å². The highest BCUT2D eigenvalue weighted by Crippen LogP contribution is 2.11. The molecule has 150 valence electrons. The third-order valence-corrected chi connectivity index (χ3v) is 4.35. The smallest absolute Gasteiger partial charge is 0.213 e. The van der Waals surface area contributed by atoms with E-state index < -0.39 is 0 Å². The Morgan fingerprint density at radius 2 is 2.00 bits per heavy atom. The number of pyridine rings is 1. The van der Waals surface area contributed by atoms with Gasteiger partial charge in [0.25, 0.3) is 0 Å². The Hall–Kier alpha value is -2.80. The summed E-state index contributed by atoms with van der Waals surface area (Å²) < 4.78 is 16.8. The number of para-hydroxylation sites is 1. The Labute approximate surface area is 166 Å². The first-order chi connectivity index (χ1) is 13.8. The SMILES string of the molecule is CN=C(NCc1ccc(OCCOc2ccccc2)nc1)NCC1CCCO1. The van der Waals surface area contributed by atoms with Gasteiger partial charge >= 0.3 is 0 Å². The summed E-state index contributed by atoms with van der Waals surface area (Å²) in [5, 5.41) is 6.58. The Kier molecular flexibility index (Phi) is 7.93. The summed E-state index contributed by atoms with van der Waals surface area (Å²) in [6, 6.07) is 13.5. The molecule has 0 amide bonds. The fourth-order valence-corrected chi connectivity index (χ4v) is 2.85. The lowest BCUT2D eigenvalue weighted by Gasteiger charge is -2.15. The molecule has 1 aliphatic heterocycles. The van der Waals surface area contributed by atoms with E-state index in [9.17, 15) is 0 Å². The van der Waals surface area contributed by atoms with Crippen LogP contribution in [-0.2, 0) is 11.3 Å². The van der Waals surface area contributed by atoms with Crippen molar-refractivity contribution < 1.29 is 14.2 Å². The standard InChI is InChI=1S/C21H28N4O3/c1-22-21(25-16-19-8-5-11-26-19)24-15-17-9-10-20(23-14-17)28-13-12-27-18-6-3-2-4-7-18/h2-4,6-7,9-10,14,19H,5,8,11-13,15-16H2,1H3,(H2,22,24,25). The second-order valence-electron chi connectivity index (χ2n) is 6.46. The van der Waals surface area contributed by atoms with Crippen molar-refractivity contribution in [1.82, 2.24) is 15.6 Å². The normalized spacial score (nSPS) is 16.6. The Bertz CT molecular complexity index is 716. The van der Waals surface area contributed by atoms with Gasteiger partial charge < -0.3 is 24.8 Å². The number of rotatable bonds is 9. The second-order valence-corrected chi connectivity index (χ2v) is 6.46. The van der Waals surface area contributed by atoms with Crippen molar-refractivity contribution in [3.8, 4) is 11.6 Å². The molecule has 0 saturated carbocycles. The fourth-order valence-electron chi connectivity index (χ4n) is 2.85. The third-order valence-electron chi connectivity index (χ3n) is 4.35. The Balaban J connectivity index is 1.34. The van der Waals surface area contributed by atoms with Gasteiger partial charge in [-0.15, -0.1) is 0 Å². The minimum absolute atomic E-state index is 0.280. The van der Waals surface area contributed by atoms with Crippen LogP contribution in [0.4, 0.5) is 0 Å². The molecule has 1 saturated heterocycles. The first-order valence-electron chi connectivity index (χ1n) is 9.65. The van der Waals surface area contributed by atoms with E-state index >= 15 is 0 Å².